The minimum Gasteiger partial charge on any atom is -0.503 e. The molecule has 3 aliphatic rings. The van der Waals surface area contributed by atoms with Crippen LogP contribution < -0.4 is 10.7 Å². The van der Waals surface area contributed by atoms with Gasteiger partial charge in [-0.1, -0.05) is 6.42 Å². The number of carbonyl (C=O) groups excluding carboxylic acids is 2. The van der Waals surface area contributed by atoms with Gasteiger partial charge in [-0.15, -0.1) is 0 Å². The van der Waals surface area contributed by atoms with Gasteiger partial charge < -0.3 is 19.9 Å². The van der Waals surface area contributed by atoms with E-state index in [-0.39, 0.29) is 22.4 Å². The maximum atomic E-state index is 14.1. The van der Waals surface area contributed by atoms with E-state index in [1.54, 1.807) is 11.8 Å². The number of pyridine rings is 1. The van der Waals surface area contributed by atoms with Crippen molar-refractivity contribution in [3.63, 3.8) is 0 Å². The third-order valence-electron chi connectivity index (χ3n) is 7.06. The van der Waals surface area contributed by atoms with Crippen molar-refractivity contribution in [1.82, 2.24) is 14.8 Å². The van der Waals surface area contributed by atoms with Gasteiger partial charge >= 0.3 is 0 Å². The van der Waals surface area contributed by atoms with Crippen molar-refractivity contribution >= 4 is 11.8 Å². The van der Waals surface area contributed by atoms with Crippen LogP contribution in [0.2, 0.25) is 0 Å². The summed E-state index contributed by atoms with van der Waals surface area (Å²) in [5.74, 6) is -3.24. The Morgan fingerprint density at radius 3 is 2.72 bits per heavy atom. The summed E-state index contributed by atoms with van der Waals surface area (Å²) in [6.07, 6.45) is 5.01. The molecule has 2 aliphatic heterocycles. The molecule has 1 spiro atoms. The fourth-order valence-corrected chi connectivity index (χ4v) is 5.61. The van der Waals surface area contributed by atoms with Gasteiger partial charge in [0, 0.05) is 31.4 Å². The zero-order chi connectivity index (χ0) is 22.8. The topological polar surface area (TPSA) is 91.6 Å². The molecule has 2 amide bonds. The van der Waals surface area contributed by atoms with Crippen LogP contribution in [-0.2, 0) is 13.1 Å². The normalized spacial score (nSPS) is 23.7. The first kappa shape index (κ1) is 20.7. The number of benzene rings is 1. The van der Waals surface area contributed by atoms with Gasteiger partial charge in [0.15, 0.2) is 11.4 Å². The summed E-state index contributed by atoms with van der Waals surface area (Å²) in [4.78, 5) is 40.3. The summed E-state index contributed by atoms with van der Waals surface area (Å²) in [5, 5.41) is 12.9. The average molecular weight is 443 g/mol. The minimum atomic E-state index is -0.981. The summed E-state index contributed by atoms with van der Waals surface area (Å²) in [6.45, 7) is 2.09. The van der Waals surface area contributed by atoms with Crippen molar-refractivity contribution in [2.75, 3.05) is 6.54 Å². The molecule has 2 atom stereocenters. The summed E-state index contributed by atoms with van der Waals surface area (Å²) >= 11 is 0. The summed E-state index contributed by atoms with van der Waals surface area (Å²) < 4.78 is 29.7. The number of carbonyl (C=O) groups is 2. The van der Waals surface area contributed by atoms with Crippen LogP contribution in [0.15, 0.2) is 23.1 Å². The van der Waals surface area contributed by atoms with E-state index in [9.17, 15) is 28.3 Å². The van der Waals surface area contributed by atoms with Gasteiger partial charge in [0.05, 0.1) is 5.54 Å². The van der Waals surface area contributed by atoms with E-state index in [2.05, 4.69) is 5.32 Å². The maximum absolute atomic E-state index is 14.1. The van der Waals surface area contributed by atoms with Crippen molar-refractivity contribution in [3.8, 4) is 5.75 Å². The molecule has 32 heavy (non-hydrogen) atoms. The molecule has 3 heterocycles. The lowest BCUT2D eigenvalue weighted by atomic mass is 9.79. The molecule has 7 nitrogen and oxygen atoms in total. The summed E-state index contributed by atoms with van der Waals surface area (Å²) in [5.41, 5.74) is -1.75. The smallest absolute Gasteiger partial charge is 0.275 e. The molecule has 0 radical (unpaired) electrons. The highest BCUT2D eigenvalue weighted by Gasteiger charge is 2.53. The SMILES string of the molecule is Cc1cc(F)c(CNC(=O)c2cn3c(c(O)c2=O)C(=O)N2C[C@@H]4CCC[C@]2(C4)C3)c(F)c1. The molecule has 2 N–H and O–H groups in total. The van der Waals surface area contributed by atoms with E-state index in [1.165, 1.54) is 10.8 Å². The highest BCUT2D eigenvalue weighted by Crippen LogP contribution is 2.48. The Bertz CT molecular complexity index is 1200. The van der Waals surface area contributed by atoms with Crippen LogP contribution >= 0.6 is 0 Å². The third kappa shape index (κ3) is 3.02. The van der Waals surface area contributed by atoms with Gasteiger partial charge in [0.25, 0.3) is 11.8 Å². The van der Waals surface area contributed by atoms with Crippen LogP contribution in [0.1, 0.15) is 57.7 Å². The van der Waals surface area contributed by atoms with Crippen molar-refractivity contribution in [3.05, 3.63) is 62.6 Å². The van der Waals surface area contributed by atoms with Crippen LogP contribution in [-0.4, -0.2) is 38.5 Å². The van der Waals surface area contributed by atoms with Gasteiger partial charge in [0.1, 0.15) is 17.2 Å². The Morgan fingerprint density at radius 2 is 2.00 bits per heavy atom. The number of aromatic hydroxyl groups is 1. The van der Waals surface area contributed by atoms with Gasteiger partial charge in [-0.3, -0.25) is 14.4 Å². The first-order valence-corrected chi connectivity index (χ1v) is 10.7. The predicted molar refractivity (Wildman–Crippen MR) is 110 cm³/mol. The Balaban J connectivity index is 1.46. The highest BCUT2D eigenvalue weighted by atomic mass is 19.1. The molecular weight excluding hydrogens is 420 g/mol. The van der Waals surface area contributed by atoms with Gasteiger partial charge in [-0.2, -0.15) is 0 Å². The van der Waals surface area contributed by atoms with Crippen LogP contribution in [0.4, 0.5) is 8.78 Å². The Kier molecular flexibility index (Phi) is 4.61. The zero-order valence-electron chi connectivity index (χ0n) is 17.6. The van der Waals surface area contributed by atoms with E-state index in [0.717, 1.165) is 37.8 Å². The number of nitrogens with one attached hydrogen (secondary N) is 1. The Hall–Kier alpha value is -3.23. The van der Waals surface area contributed by atoms with Crippen LogP contribution in [0.3, 0.4) is 0 Å². The molecule has 2 bridgehead atoms. The van der Waals surface area contributed by atoms with Gasteiger partial charge in [-0.05, 0) is 49.8 Å². The zero-order valence-corrected chi connectivity index (χ0v) is 17.6. The number of amides is 2. The number of aromatic nitrogens is 1. The molecule has 9 heteroatoms. The molecule has 1 saturated carbocycles. The predicted octanol–water partition coefficient (Wildman–Crippen LogP) is 2.47. The van der Waals surface area contributed by atoms with E-state index in [1.807, 2.05) is 0 Å². The van der Waals surface area contributed by atoms with Crippen molar-refractivity contribution < 1.29 is 23.5 Å². The molecule has 1 saturated heterocycles. The maximum Gasteiger partial charge on any atom is 0.275 e. The second kappa shape index (κ2) is 7.15. The van der Waals surface area contributed by atoms with E-state index in [4.69, 9.17) is 0 Å². The molecule has 168 valence electrons. The lowest BCUT2D eigenvalue weighted by Gasteiger charge is -2.44. The Labute approximate surface area is 182 Å². The van der Waals surface area contributed by atoms with Crippen molar-refractivity contribution in [2.45, 2.75) is 51.2 Å². The van der Waals surface area contributed by atoms with Gasteiger partial charge in [0.2, 0.25) is 5.43 Å². The highest BCUT2D eigenvalue weighted by molar-refractivity contribution is 5.99. The molecule has 0 unspecified atom stereocenters. The molecule has 1 aromatic carbocycles. The van der Waals surface area contributed by atoms with Crippen LogP contribution in [0.5, 0.6) is 5.75 Å². The first-order chi connectivity index (χ1) is 15.2. The number of rotatable bonds is 3. The number of fused-ring (bicyclic) bond motifs is 2. The third-order valence-corrected chi connectivity index (χ3v) is 7.06. The number of hydrogen-bond acceptors (Lipinski definition) is 4. The number of nitrogens with zero attached hydrogens (tertiary/aromatic N) is 2. The monoisotopic (exact) mass is 443 g/mol. The molecule has 2 fully saturated rings. The fourth-order valence-electron chi connectivity index (χ4n) is 5.61. The average Bonchev–Trinajstić information content (AvgIpc) is 2.99. The molecule has 1 aliphatic carbocycles. The molecule has 5 rings (SSSR count). The first-order valence-electron chi connectivity index (χ1n) is 10.7. The minimum absolute atomic E-state index is 0.111. The van der Waals surface area contributed by atoms with Crippen molar-refractivity contribution in [2.24, 2.45) is 5.92 Å². The molecule has 2 aromatic rings. The van der Waals surface area contributed by atoms with Crippen LogP contribution in [0, 0.1) is 24.5 Å². The molecular formula is C23H23F2N3O4. The number of hydrogen-bond donors (Lipinski definition) is 2. The number of halogens is 2. The fraction of sp³-hybridized carbons (Fsp3) is 0.435. The lowest BCUT2D eigenvalue weighted by Crippen LogP contribution is -2.55. The van der Waals surface area contributed by atoms with Crippen molar-refractivity contribution in [1.29, 1.82) is 0 Å². The second-order valence-corrected chi connectivity index (χ2v) is 9.19. The Morgan fingerprint density at radius 1 is 1.28 bits per heavy atom. The van der Waals surface area contributed by atoms with E-state index in [0.29, 0.717) is 24.6 Å². The standard InChI is InChI=1S/C23H23F2N3O4/c1-12-5-16(24)14(17(25)6-12)8-26-21(31)15-10-27-11-23-4-2-3-13(7-23)9-28(23)22(32)18(27)20(30)19(15)29/h5-6,10,13,30H,2-4,7-9,11H2,1H3,(H,26,31)/t13-,23+/m1/s1. The summed E-state index contributed by atoms with van der Waals surface area (Å²) in [6, 6.07) is 2.31. The van der Waals surface area contributed by atoms with Gasteiger partial charge in [-0.25, -0.2) is 8.78 Å². The molecule has 1 aromatic heterocycles. The lowest BCUT2D eigenvalue weighted by molar-refractivity contribution is 0.0419. The van der Waals surface area contributed by atoms with E-state index >= 15 is 0 Å². The largest absolute Gasteiger partial charge is 0.503 e. The second-order valence-electron chi connectivity index (χ2n) is 9.19. The number of aryl methyl sites for hydroxylation is 1. The quantitative estimate of drug-likeness (QED) is 0.763. The summed E-state index contributed by atoms with van der Waals surface area (Å²) in [7, 11) is 0. The van der Waals surface area contributed by atoms with Crippen LogP contribution in [0.25, 0.3) is 0 Å². The van der Waals surface area contributed by atoms with E-state index < -0.39 is 41.2 Å².